The van der Waals surface area contributed by atoms with E-state index in [-0.39, 0.29) is 5.91 Å². The van der Waals surface area contributed by atoms with Gasteiger partial charge < -0.3 is 19.5 Å². The number of carbonyl (C=O) groups excluding carboxylic acids is 1. The van der Waals surface area contributed by atoms with E-state index in [0.29, 0.717) is 30.7 Å². The van der Waals surface area contributed by atoms with Crippen LogP contribution in [0.2, 0.25) is 0 Å². The lowest BCUT2D eigenvalue weighted by molar-refractivity contribution is 0.0714. The Bertz CT molecular complexity index is 706. The Balaban J connectivity index is 1.63. The zero-order valence-electron chi connectivity index (χ0n) is 15.0. The van der Waals surface area contributed by atoms with Gasteiger partial charge in [0.2, 0.25) is 5.95 Å². The summed E-state index contributed by atoms with van der Waals surface area (Å²) in [6, 6.07) is 5.43. The van der Waals surface area contributed by atoms with Crippen LogP contribution in [0.25, 0.3) is 0 Å². The number of hydrogen-bond donors (Lipinski definition) is 1. The third-order valence-corrected chi connectivity index (χ3v) is 4.13. The molecule has 0 saturated carbocycles. The summed E-state index contributed by atoms with van der Waals surface area (Å²) in [5.74, 6) is 2.44. The first kappa shape index (κ1) is 17.3. The number of rotatable bonds is 5. The standard InChI is InChI=1S/C18H25N5O2/c1-13(2)12-19-18-20-14(3)11-16(21-18)22-6-8-23(9-7-22)17(24)15-5-4-10-25-15/h4-5,10-11,13H,6-9,12H2,1-3H3,(H,19,20,21). The number of carbonyl (C=O) groups is 1. The second kappa shape index (κ2) is 7.55. The largest absolute Gasteiger partial charge is 0.459 e. The van der Waals surface area contributed by atoms with Gasteiger partial charge in [0.25, 0.3) is 5.91 Å². The third kappa shape index (κ3) is 4.29. The van der Waals surface area contributed by atoms with E-state index in [1.165, 1.54) is 6.26 Å². The third-order valence-electron chi connectivity index (χ3n) is 4.13. The van der Waals surface area contributed by atoms with E-state index in [2.05, 4.69) is 34.0 Å². The summed E-state index contributed by atoms with van der Waals surface area (Å²) in [5.41, 5.74) is 0.936. The Morgan fingerprint density at radius 1 is 1.28 bits per heavy atom. The molecule has 2 aromatic heterocycles. The number of nitrogens with one attached hydrogen (secondary N) is 1. The minimum absolute atomic E-state index is 0.0530. The Morgan fingerprint density at radius 2 is 2.04 bits per heavy atom. The van der Waals surface area contributed by atoms with Crippen LogP contribution >= 0.6 is 0 Å². The van der Waals surface area contributed by atoms with Crippen molar-refractivity contribution in [2.45, 2.75) is 20.8 Å². The average Bonchev–Trinajstić information content (AvgIpc) is 3.13. The molecule has 1 aliphatic heterocycles. The molecule has 7 nitrogen and oxygen atoms in total. The van der Waals surface area contributed by atoms with E-state index < -0.39 is 0 Å². The van der Waals surface area contributed by atoms with Crippen molar-refractivity contribution in [1.29, 1.82) is 0 Å². The molecule has 0 radical (unpaired) electrons. The highest BCUT2D eigenvalue weighted by atomic mass is 16.3. The van der Waals surface area contributed by atoms with Crippen LogP contribution in [0.1, 0.15) is 30.1 Å². The van der Waals surface area contributed by atoms with Gasteiger partial charge in [0.1, 0.15) is 5.82 Å². The van der Waals surface area contributed by atoms with Gasteiger partial charge >= 0.3 is 0 Å². The average molecular weight is 343 g/mol. The molecule has 134 valence electrons. The quantitative estimate of drug-likeness (QED) is 0.899. The van der Waals surface area contributed by atoms with Crippen molar-refractivity contribution < 1.29 is 9.21 Å². The van der Waals surface area contributed by atoms with Crippen molar-refractivity contribution in [1.82, 2.24) is 14.9 Å². The molecule has 1 aliphatic rings. The normalized spacial score (nSPS) is 14.9. The molecular weight excluding hydrogens is 318 g/mol. The topological polar surface area (TPSA) is 74.5 Å². The summed E-state index contributed by atoms with van der Waals surface area (Å²) < 4.78 is 5.20. The fraction of sp³-hybridized carbons (Fsp3) is 0.500. The molecule has 1 saturated heterocycles. The molecule has 0 unspecified atom stereocenters. The molecule has 25 heavy (non-hydrogen) atoms. The fourth-order valence-corrected chi connectivity index (χ4v) is 2.78. The van der Waals surface area contributed by atoms with Crippen molar-refractivity contribution in [2.24, 2.45) is 5.92 Å². The first-order valence-electron chi connectivity index (χ1n) is 8.70. The molecule has 0 spiro atoms. The molecule has 7 heteroatoms. The molecule has 0 aliphatic carbocycles. The number of nitrogens with zero attached hydrogens (tertiary/aromatic N) is 4. The van der Waals surface area contributed by atoms with Gasteiger partial charge in [-0.25, -0.2) is 4.98 Å². The molecule has 0 atom stereocenters. The van der Waals surface area contributed by atoms with Gasteiger partial charge in [-0.2, -0.15) is 4.98 Å². The number of furan rings is 1. The molecular formula is C18H25N5O2. The minimum atomic E-state index is -0.0530. The van der Waals surface area contributed by atoms with Crippen molar-refractivity contribution in [3.63, 3.8) is 0 Å². The maximum atomic E-state index is 12.3. The summed E-state index contributed by atoms with van der Waals surface area (Å²) in [7, 11) is 0. The maximum Gasteiger partial charge on any atom is 0.289 e. The second-order valence-corrected chi connectivity index (χ2v) is 6.72. The zero-order valence-corrected chi connectivity index (χ0v) is 15.0. The summed E-state index contributed by atoms with van der Waals surface area (Å²) >= 11 is 0. The van der Waals surface area contributed by atoms with Crippen LogP contribution in [0.3, 0.4) is 0 Å². The van der Waals surface area contributed by atoms with Gasteiger partial charge in [0, 0.05) is 44.5 Å². The summed E-state index contributed by atoms with van der Waals surface area (Å²) in [5, 5.41) is 3.28. The molecule has 1 fully saturated rings. The van der Waals surface area contributed by atoms with Crippen LogP contribution in [0.4, 0.5) is 11.8 Å². The predicted molar refractivity (Wildman–Crippen MR) is 96.9 cm³/mol. The second-order valence-electron chi connectivity index (χ2n) is 6.72. The van der Waals surface area contributed by atoms with E-state index in [0.717, 1.165) is 31.1 Å². The number of anilines is 2. The Morgan fingerprint density at radius 3 is 2.68 bits per heavy atom. The lowest BCUT2D eigenvalue weighted by Crippen LogP contribution is -2.49. The maximum absolute atomic E-state index is 12.3. The molecule has 1 amide bonds. The predicted octanol–water partition coefficient (Wildman–Crippen LogP) is 2.41. The van der Waals surface area contributed by atoms with E-state index in [1.54, 1.807) is 12.1 Å². The van der Waals surface area contributed by atoms with E-state index in [4.69, 9.17) is 4.42 Å². The van der Waals surface area contributed by atoms with Gasteiger partial charge in [0.15, 0.2) is 5.76 Å². The lowest BCUT2D eigenvalue weighted by Gasteiger charge is -2.35. The van der Waals surface area contributed by atoms with Crippen LogP contribution in [-0.4, -0.2) is 53.5 Å². The minimum Gasteiger partial charge on any atom is -0.459 e. The van der Waals surface area contributed by atoms with Gasteiger partial charge in [-0.05, 0) is 25.0 Å². The Kier molecular flexibility index (Phi) is 5.21. The smallest absolute Gasteiger partial charge is 0.289 e. The molecule has 3 heterocycles. The molecule has 3 rings (SSSR count). The molecule has 2 aromatic rings. The van der Waals surface area contributed by atoms with E-state index in [1.807, 2.05) is 17.9 Å². The highest BCUT2D eigenvalue weighted by Crippen LogP contribution is 2.18. The molecule has 0 aromatic carbocycles. The highest BCUT2D eigenvalue weighted by molar-refractivity contribution is 5.91. The van der Waals surface area contributed by atoms with E-state index in [9.17, 15) is 4.79 Å². The van der Waals surface area contributed by atoms with Crippen LogP contribution in [-0.2, 0) is 0 Å². The first-order valence-corrected chi connectivity index (χ1v) is 8.70. The van der Waals surface area contributed by atoms with Crippen LogP contribution < -0.4 is 10.2 Å². The highest BCUT2D eigenvalue weighted by Gasteiger charge is 2.24. The fourth-order valence-electron chi connectivity index (χ4n) is 2.78. The van der Waals surface area contributed by atoms with Gasteiger partial charge in [0.05, 0.1) is 6.26 Å². The van der Waals surface area contributed by atoms with Crippen molar-refractivity contribution in [2.75, 3.05) is 42.9 Å². The SMILES string of the molecule is Cc1cc(N2CCN(C(=O)c3ccco3)CC2)nc(NCC(C)C)n1. The van der Waals surface area contributed by atoms with Crippen molar-refractivity contribution >= 4 is 17.7 Å². The monoisotopic (exact) mass is 343 g/mol. The summed E-state index contributed by atoms with van der Waals surface area (Å²) in [6.45, 7) is 9.91. The van der Waals surface area contributed by atoms with Crippen molar-refractivity contribution in [3.05, 3.63) is 35.9 Å². The Hall–Kier alpha value is -2.57. The molecule has 1 N–H and O–H groups in total. The number of aryl methyl sites for hydroxylation is 1. The van der Waals surface area contributed by atoms with Crippen LogP contribution in [0.5, 0.6) is 0 Å². The Labute approximate surface area is 148 Å². The van der Waals surface area contributed by atoms with E-state index >= 15 is 0 Å². The summed E-state index contributed by atoms with van der Waals surface area (Å²) in [4.78, 5) is 25.4. The van der Waals surface area contributed by atoms with Crippen LogP contribution in [0, 0.1) is 12.8 Å². The lowest BCUT2D eigenvalue weighted by atomic mass is 10.2. The molecule has 0 bridgehead atoms. The van der Waals surface area contributed by atoms with Gasteiger partial charge in [-0.1, -0.05) is 13.8 Å². The number of piperazine rings is 1. The zero-order chi connectivity index (χ0) is 17.8. The number of amides is 1. The number of hydrogen-bond acceptors (Lipinski definition) is 6. The van der Waals surface area contributed by atoms with Crippen molar-refractivity contribution in [3.8, 4) is 0 Å². The van der Waals surface area contributed by atoms with Crippen LogP contribution in [0.15, 0.2) is 28.9 Å². The van der Waals surface area contributed by atoms with Gasteiger partial charge in [-0.15, -0.1) is 0 Å². The van der Waals surface area contributed by atoms with Gasteiger partial charge in [-0.3, -0.25) is 4.79 Å². The number of aromatic nitrogens is 2. The first-order chi connectivity index (χ1) is 12.0. The summed E-state index contributed by atoms with van der Waals surface area (Å²) in [6.07, 6.45) is 1.53.